The van der Waals surface area contributed by atoms with Crippen LogP contribution < -0.4 is 0 Å². The largest absolute Gasteiger partial charge is 0.389 e. The van der Waals surface area contributed by atoms with Gasteiger partial charge in [0.2, 0.25) is 5.91 Å². The van der Waals surface area contributed by atoms with E-state index in [2.05, 4.69) is 30.6 Å². The number of fused-ring (bicyclic) bond motifs is 1. The molecule has 3 fully saturated rings. The highest BCUT2D eigenvalue weighted by Gasteiger charge is 2.41. The lowest BCUT2D eigenvalue weighted by Gasteiger charge is -2.47. The van der Waals surface area contributed by atoms with Gasteiger partial charge in [-0.25, -0.2) is 0 Å². The number of carbonyl (C=O) groups excluding carboxylic acids is 1. The molecule has 1 saturated carbocycles. The fraction of sp³-hybridized carbons (Fsp3) is 0.955. The summed E-state index contributed by atoms with van der Waals surface area (Å²) < 4.78 is 0. The van der Waals surface area contributed by atoms with Crippen LogP contribution in [0.4, 0.5) is 0 Å². The zero-order chi connectivity index (χ0) is 18.9. The maximum Gasteiger partial charge on any atom is 0.219 e. The monoisotopic (exact) mass is 364 g/mol. The Labute approximate surface area is 160 Å². The molecule has 1 N–H and O–H groups in total. The Balaban J connectivity index is 1.56. The molecule has 26 heavy (non-hydrogen) atoms. The van der Waals surface area contributed by atoms with Gasteiger partial charge in [0.1, 0.15) is 0 Å². The molecule has 0 spiro atoms. The van der Waals surface area contributed by atoms with E-state index in [1.165, 1.54) is 12.8 Å². The van der Waals surface area contributed by atoms with Gasteiger partial charge in [-0.05, 0) is 62.2 Å². The van der Waals surface area contributed by atoms with Crippen LogP contribution in [0.15, 0.2) is 0 Å². The van der Waals surface area contributed by atoms with Crippen LogP contribution in [0.2, 0.25) is 0 Å². The third-order valence-corrected chi connectivity index (χ3v) is 7.47. The molecule has 2 atom stereocenters. The minimum absolute atomic E-state index is 0.245. The van der Waals surface area contributed by atoms with Crippen molar-refractivity contribution in [1.82, 2.24) is 9.80 Å². The lowest BCUT2D eigenvalue weighted by Crippen LogP contribution is -2.55. The van der Waals surface area contributed by atoms with E-state index in [1.807, 2.05) is 0 Å². The van der Waals surface area contributed by atoms with E-state index in [9.17, 15) is 9.90 Å². The van der Waals surface area contributed by atoms with Crippen LogP contribution in [0, 0.1) is 17.3 Å². The van der Waals surface area contributed by atoms with Crippen molar-refractivity contribution in [2.24, 2.45) is 17.3 Å². The van der Waals surface area contributed by atoms with Gasteiger partial charge in [0.15, 0.2) is 0 Å². The summed E-state index contributed by atoms with van der Waals surface area (Å²) in [5.74, 6) is 1.57. The normalized spacial score (nSPS) is 37.1. The van der Waals surface area contributed by atoms with Crippen molar-refractivity contribution in [2.45, 2.75) is 90.7 Å². The molecule has 2 aliphatic heterocycles. The fourth-order valence-electron chi connectivity index (χ4n) is 5.77. The van der Waals surface area contributed by atoms with Gasteiger partial charge in [-0.1, -0.05) is 27.2 Å². The van der Waals surface area contributed by atoms with E-state index in [0.29, 0.717) is 17.4 Å². The van der Waals surface area contributed by atoms with Gasteiger partial charge in [0.25, 0.3) is 0 Å². The lowest BCUT2D eigenvalue weighted by atomic mass is 9.68. The number of aliphatic hydroxyl groups is 1. The van der Waals surface area contributed by atoms with Gasteiger partial charge in [0.05, 0.1) is 5.60 Å². The number of hydrogen-bond donors (Lipinski definition) is 1. The number of hydrogen-bond acceptors (Lipinski definition) is 3. The number of carbonyl (C=O) groups is 1. The first-order chi connectivity index (χ1) is 12.2. The third-order valence-electron chi connectivity index (χ3n) is 7.47. The van der Waals surface area contributed by atoms with Crippen molar-refractivity contribution in [1.29, 1.82) is 0 Å². The number of β-amino-alcohol motifs (C(OH)–C–C–N with tert-alkyl or cyclic N) is 1. The number of piperidine rings is 1. The minimum Gasteiger partial charge on any atom is -0.389 e. The van der Waals surface area contributed by atoms with Gasteiger partial charge >= 0.3 is 0 Å². The second-order valence-electron chi connectivity index (χ2n) is 10.4. The van der Waals surface area contributed by atoms with E-state index in [-0.39, 0.29) is 5.91 Å². The van der Waals surface area contributed by atoms with Crippen molar-refractivity contribution in [2.75, 3.05) is 26.2 Å². The molecule has 0 radical (unpaired) electrons. The second kappa shape index (κ2) is 7.79. The first-order valence-corrected chi connectivity index (χ1v) is 10.9. The molecule has 4 heteroatoms. The number of rotatable bonds is 2. The van der Waals surface area contributed by atoms with Crippen LogP contribution in [-0.2, 0) is 4.79 Å². The molecule has 2 saturated heterocycles. The maximum atomic E-state index is 12.0. The standard InChI is InChI=1S/C22H40N2O2/c1-17(25)24-13-6-5-7-18-15-23(14-10-20(18)24)16-22(26)11-8-19(9-12-22)21(2,3)4/h18-20,26H,5-16H2,1-4H3/t18-,19?,20+,22?/m0/s1. The van der Waals surface area contributed by atoms with E-state index in [4.69, 9.17) is 0 Å². The molecule has 150 valence electrons. The average Bonchev–Trinajstić information content (AvgIpc) is 2.76. The summed E-state index contributed by atoms with van der Waals surface area (Å²) >= 11 is 0. The van der Waals surface area contributed by atoms with E-state index < -0.39 is 5.60 Å². The summed E-state index contributed by atoms with van der Waals surface area (Å²) in [6.45, 7) is 12.6. The first kappa shape index (κ1) is 20.1. The third kappa shape index (κ3) is 4.62. The summed E-state index contributed by atoms with van der Waals surface area (Å²) in [6.07, 6.45) is 8.87. The molecule has 1 aliphatic carbocycles. The highest BCUT2D eigenvalue weighted by Crippen LogP contribution is 2.42. The molecular weight excluding hydrogens is 324 g/mol. The van der Waals surface area contributed by atoms with Crippen molar-refractivity contribution < 1.29 is 9.90 Å². The molecule has 2 heterocycles. The van der Waals surface area contributed by atoms with Crippen LogP contribution in [-0.4, -0.2) is 58.6 Å². The number of amides is 1. The molecule has 1 amide bonds. The summed E-state index contributed by atoms with van der Waals surface area (Å²) in [5.41, 5.74) is -0.143. The Hall–Kier alpha value is -0.610. The van der Waals surface area contributed by atoms with E-state index >= 15 is 0 Å². The summed E-state index contributed by atoms with van der Waals surface area (Å²) in [4.78, 5) is 16.7. The predicted octanol–water partition coefficient (Wildman–Crippen LogP) is 3.68. The predicted molar refractivity (Wildman–Crippen MR) is 106 cm³/mol. The zero-order valence-electron chi connectivity index (χ0n) is 17.5. The van der Waals surface area contributed by atoms with Crippen LogP contribution in [0.3, 0.4) is 0 Å². The summed E-state index contributed by atoms with van der Waals surface area (Å²) in [7, 11) is 0. The lowest BCUT2D eigenvalue weighted by molar-refractivity contribution is -0.133. The van der Waals surface area contributed by atoms with Crippen LogP contribution in [0.25, 0.3) is 0 Å². The zero-order valence-corrected chi connectivity index (χ0v) is 17.5. The Morgan fingerprint density at radius 3 is 2.38 bits per heavy atom. The van der Waals surface area contributed by atoms with E-state index in [0.717, 1.165) is 70.6 Å². The molecule has 0 aromatic carbocycles. The fourth-order valence-corrected chi connectivity index (χ4v) is 5.77. The molecular formula is C22H40N2O2. The Bertz CT molecular complexity index is 491. The van der Waals surface area contributed by atoms with Gasteiger partial charge in [-0.15, -0.1) is 0 Å². The van der Waals surface area contributed by atoms with Crippen LogP contribution in [0.5, 0.6) is 0 Å². The maximum absolute atomic E-state index is 12.0. The molecule has 3 aliphatic rings. The molecule has 3 rings (SSSR count). The van der Waals surface area contributed by atoms with E-state index in [1.54, 1.807) is 6.92 Å². The Kier molecular flexibility index (Phi) is 6.03. The second-order valence-corrected chi connectivity index (χ2v) is 10.4. The van der Waals surface area contributed by atoms with Crippen LogP contribution >= 0.6 is 0 Å². The highest BCUT2D eigenvalue weighted by molar-refractivity contribution is 5.73. The first-order valence-electron chi connectivity index (χ1n) is 10.9. The number of likely N-dealkylation sites (tertiary alicyclic amines) is 2. The minimum atomic E-state index is -0.500. The molecule has 0 unspecified atom stereocenters. The topological polar surface area (TPSA) is 43.8 Å². The average molecular weight is 365 g/mol. The molecule has 0 bridgehead atoms. The SMILES string of the molecule is CC(=O)N1CCCC[C@H]2CN(CC3(O)CCC(C(C)(C)C)CC3)CC[C@H]21. The van der Waals surface area contributed by atoms with Gasteiger partial charge in [0, 0.05) is 39.1 Å². The Morgan fingerprint density at radius 2 is 1.77 bits per heavy atom. The summed E-state index contributed by atoms with van der Waals surface area (Å²) in [5, 5.41) is 11.2. The van der Waals surface area contributed by atoms with Crippen molar-refractivity contribution >= 4 is 5.91 Å². The van der Waals surface area contributed by atoms with Crippen molar-refractivity contribution in [3.05, 3.63) is 0 Å². The molecule has 0 aromatic heterocycles. The quantitative estimate of drug-likeness (QED) is 0.813. The Morgan fingerprint density at radius 1 is 1.08 bits per heavy atom. The van der Waals surface area contributed by atoms with Gasteiger partial charge < -0.3 is 14.9 Å². The van der Waals surface area contributed by atoms with Crippen LogP contribution in [0.1, 0.15) is 79.1 Å². The molecule has 0 aromatic rings. The smallest absolute Gasteiger partial charge is 0.219 e. The number of nitrogens with zero attached hydrogens (tertiary/aromatic N) is 2. The summed E-state index contributed by atoms with van der Waals surface area (Å²) in [6, 6.07) is 0.428. The van der Waals surface area contributed by atoms with Crippen molar-refractivity contribution in [3.8, 4) is 0 Å². The van der Waals surface area contributed by atoms with Gasteiger partial charge in [-0.2, -0.15) is 0 Å². The molecule has 4 nitrogen and oxygen atoms in total. The highest BCUT2D eigenvalue weighted by atomic mass is 16.3. The van der Waals surface area contributed by atoms with Gasteiger partial charge in [-0.3, -0.25) is 4.79 Å². The van der Waals surface area contributed by atoms with Crippen molar-refractivity contribution in [3.63, 3.8) is 0 Å².